The van der Waals surface area contributed by atoms with Gasteiger partial charge in [-0.25, -0.2) is 8.42 Å². The van der Waals surface area contributed by atoms with Gasteiger partial charge in [-0.3, -0.25) is 0 Å². The molecule has 0 bridgehead atoms. The van der Waals surface area contributed by atoms with Crippen LogP contribution in [0.15, 0.2) is 0 Å². The van der Waals surface area contributed by atoms with Crippen LogP contribution in [0.3, 0.4) is 0 Å². The molecule has 1 aliphatic carbocycles. The van der Waals surface area contributed by atoms with Crippen molar-refractivity contribution in [2.75, 3.05) is 0 Å². The third kappa shape index (κ3) is 3.43. The molecule has 1 aliphatic rings. The Balaban J connectivity index is 0.00000196. The van der Waals surface area contributed by atoms with Crippen LogP contribution in [-0.4, -0.2) is 18.2 Å². The summed E-state index contributed by atoms with van der Waals surface area (Å²) in [5.74, 6) is 0.813. The van der Waals surface area contributed by atoms with E-state index in [4.69, 9.17) is 0 Å². The summed E-state index contributed by atoms with van der Waals surface area (Å²) in [6.45, 7) is 7.93. The summed E-state index contributed by atoms with van der Waals surface area (Å²) < 4.78 is 33.3. The van der Waals surface area contributed by atoms with E-state index in [1.54, 1.807) is 0 Å². The first kappa shape index (κ1) is 15.9. The Labute approximate surface area is 115 Å². The van der Waals surface area contributed by atoms with Crippen LogP contribution in [0, 0.1) is 23.7 Å². The van der Waals surface area contributed by atoms with E-state index in [0.29, 0.717) is 11.8 Å². The van der Waals surface area contributed by atoms with Gasteiger partial charge in [0, 0.05) is 0 Å². The fourth-order valence-corrected chi connectivity index (χ4v) is 4.27. The van der Waals surface area contributed by atoms with Crippen molar-refractivity contribution in [3.8, 4) is 0 Å². The van der Waals surface area contributed by atoms with Gasteiger partial charge in [0.15, 0.2) is 0 Å². The number of hydrogen-bond acceptors (Lipinski definition) is 3. The normalized spacial score (nSPS) is 42.1. The quantitative estimate of drug-likeness (QED) is 0.431. The van der Waals surface area contributed by atoms with Gasteiger partial charge in [-0.15, -0.1) is 0 Å². The van der Waals surface area contributed by atoms with Gasteiger partial charge in [0.25, 0.3) is 0 Å². The Kier molecular flexibility index (Phi) is 5.83. The molecular formula is C10H19NaO3S. The molecular weight excluding hydrogens is 223 g/mol. The second-order valence-corrected chi connectivity index (χ2v) is 6.40. The first-order chi connectivity index (χ1) is 6.25. The van der Waals surface area contributed by atoms with Crippen LogP contribution in [0.4, 0.5) is 0 Å². The van der Waals surface area contributed by atoms with Crippen molar-refractivity contribution in [1.29, 1.82) is 0 Å². The maximum atomic E-state index is 11.1. The number of hydrogen-bond donors (Lipinski definition) is 0. The van der Waals surface area contributed by atoms with Crippen LogP contribution in [0.1, 0.15) is 34.1 Å². The summed E-state index contributed by atoms with van der Waals surface area (Å²) >= 11 is 0. The molecule has 1 fully saturated rings. The molecule has 0 aliphatic heterocycles. The molecule has 0 N–H and O–H groups in total. The van der Waals surface area contributed by atoms with Crippen LogP contribution >= 0.6 is 0 Å². The Morgan fingerprint density at radius 2 is 1.47 bits per heavy atom. The molecule has 5 atom stereocenters. The van der Waals surface area contributed by atoms with Crippen molar-refractivity contribution in [3.63, 3.8) is 0 Å². The van der Waals surface area contributed by atoms with E-state index in [2.05, 4.69) is 6.92 Å². The predicted molar refractivity (Wildman–Crippen MR) is 54.8 cm³/mol. The van der Waals surface area contributed by atoms with E-state index in [0.717, 1.165) is 6.42 Å². The fourth-order valence-electron chi connectivity index (χ4n) is 2.82. The zero-order valence-corrected chi connectivity index (χ0v) is 13.0. The van der Waals surface area contributed by atoms with Crippen LogP contribution < -0.4 is 29.6 Å². The zero-order chi connectivity index (χ0) is 11.1. The van der Waals surface area contributed by atoms with Crippen molar-refractivity contribution >= 4 is 10.1 Å². The van der Waals surface area contributed by atoms with Crippen LogP contribution in [0.2, 0.25) is 0 Å². The van der Waals surface area contributed by atoms with Crippen molar-refractivity contribution in [1.82, 2.24) is 0 Å². The smallest absolute Gasteiger partial charge is 0.748 e. The summed E-state index contributed by atoms with van der Waals surface area (Å²) in [4.78, 5) is 0. The Morgan fingerprint density at radius 1 is 1.00 bits per heavy atom. The minimum Gasteiger partial charge on any atom is -0.748 e. The molecule has 84 valence electrons. The predicted octanol–water partition coefficient (Wildman–Crippen LogP) is -1.15. The topological polar surface area (TPSA) is 57.2 Å². The Bertz CT molecular complexity index is 302. The van der Waals surface area contributed by atoms with Gasteiger partial charge in [-0.2, -0.15) is 0 Å². The minimum absolute atomic E-state index is 0. The molecule has 0 aromatic heterocycles. The van der Waals surface area contributed by atoms with Gasteiger partial charge in [-0.1, -0.05) is 27.7 Å². The van der Waals surface area contributed by atoms with E-state index in [9.17, 15) is 13.0 Å². The largest absolute Gasteiger partial charge is 1.00 e. The zero-order valence-electron chi connectivity index (χ0n) is 10.2. The van der Waals surface area contributed by atoms with E-state index in [-0.39, 0.29) is 41.4 Å². The molecule has 5 heteroatoms. The third-order valence-corrected chi connectivity index (χ3v) is 5.44. The van der Waals surface area contributed by atoms with Crippen LogP contribution in [-0.2, 0) is 10.1 Å². The van der Waals surface area contributed by atoms with Gasteiger partial charge < -0.3 is 4.55 Å². The monoisotopic (exact) mass is 242 g/mol. The van der Waals surface area contributed by atoms with Crippen molar-refractivity contribution in [2.45, 2.75) is 39.4 Å². The second-order valence-electron chi connectivity index (χ2n) is 4.87. The van der Waals surface area contributed by atoms with Gasteiger partial charge in [0.05, 0.1) is 15.4 Å². The summed E-state index contributed by atoms with van der Waals surface area (Å²) in [6, 6.07) is 0. The number of rotatable bonds is 1. The third-order valence-electron chi connectivity index (χ3n) is 3.88. The molecule has 1 saturated carbocycles. The summed E-state index contributed by atoms with van der Waals surface area (Å²) in [7, 11) is -4.13. The van der Waals surface area contributed by atoms with Crippen molar-refractivity contribution < 1.29 is 42.5 Å². The summed E-state index contributed by atoms with van der Waals surface area (Å²) in [5, 5.41) is -0.686. The SMILES string of the molecule is CC1CC(C)C(S(=O)(=O)[O-])C(C)C1C.[Na+]. The van der Waals surface area contributed by atoms with Crippen molar-refractivity contribution in [3.05, 3.63) is 0 Å². The summed E-state index contributed by atoms with van der Waals surface area (Å²) in [6.07, 6.45) is 0.845. The van der Waals surface area contributed by atoms with E-state index in [1.165, 1.54) is 0 Å². The minimum atomic E-state index is -4.13. The molecule has 15 heavy (non-hydrogen) atoms. The second kappa shape index (κ2) is 5.50. The molecule has 3 nitrogen and oxygen atoms in total. The molecule has 0 aromatic rings. The van der Waals surface area contributed by atoms with E-state index >= 15 is 0 Å². The summed E-state index contributed by atoms with van der Waals surface area (Å²) in [5.41, 5.74) is 0. The Morgan fingerprint density at radius 3 is 1.87 bits per heavy atom. The first-order valence-electron chi connectivity index (χ1n) is 5.19. The molecule has 0 amide bonds. The Hall–Kier alpha value is 0.910. The molecule has 0 spiro atoms. The molecule has 0 saturated heterocycles. The van der Waals surface area contributed by atoms with Gasteiger partial charge in [0.1, 0.15) is 0 Å². The van der Waals surface area contributed by atoms with Gasteiger partial charge in [0.2, 0.25) is 0 Å². The van der Waals surface area contributed by atoms with E-state index < -0.39 is 15.4 Å². The average Bonchev–Trinajstić information content (AvgIpc) is 1.97. The standard InChI is InChI=1S/C10H20O3S.Na/c1-6-5-7(2)10(14(11,12)13)9(4)8(6)3;/h6-10H,5H2,1-4H3,(H,11,12,13);/q;+1/p-1. The fraction of sp³-hybridized carbons (Fsp3) is 1.00. The average molecular weight is 242 g/mol. The molecule has 5 unspecified atom stereocenters. The maximum absolute atomic E-state index is 11.1. The molecule has 0 heterocycles. The van der Waals surface area contributed by atoms with Gasteiger partial charge >= 0.3 is 29.6 Å². The first-order valence-corrected chi connectivity index (χ1v) is 6.67. The molecule has 1 rings (SSSR count). The van der Waals surface area contributed by atoms with Crippen LogP contribution in [0.25, 0.3) is 0 Å². The van der Waals surface area contributed by atoms with E-state index in [1.807, 2.05) is 20.8 Å². The van der Waals surface area contributed by atoms with Crippen LogP contribution in [0.5, 0.6) is 0 Å². The molecule has 0 radical (unpaired) electrons. The van der Waals surface area contributed by atoms with Crippen molar-refractivity contribution in [2.24, 2.45) is 23.7 Å². The van der Waals surface area contributed by atoms with Gasteiger partial charge in [-0.05, 0) is 30.1 Å². The maximum Gasteiger partial charge on any atom is 1.00 e. The molecule has 0 aromatic carbocycles.